The van der Waals surface area contributed by atoms with E-state index < -0.39 is 54.8 Å². The lowest BCUT2D eigenvalue weighted by molar-refractivity contribution is -0.125. The number of methoxy groups -OCH3 is 2. The van der Waals surface area contributed by atoms with E-state index in [-0.39, 0.29) is 46.4 Å². The van der Waals surface area contributed by atoms with Crippen molar-refractivity contribution < 1.29 is 40.3 Å². The van der Waals surface area contributed by atoms with E-state index in [1.165, 1.54) is 38.5 Å². The van der Waals surface area contributed by atoms with Crippen LogP contribution in [0.4, 0.5) is 0 Å². The molecule has 0 spiro atoms. The van der Waals surface area contributed by atoms with Crippen LogP contribution < -0.4 is 14.8 Å². The summed E-state index contributed by atoms with van der Waals surface area (Å²) in [5, 5.41) is 2.76. The first-order valence-corrected chi connectivity index (χ1v) is 18.2. The van der Waals surface area contributed by atoms with Gasteiger partial charge in [-0.15, -0.1) is 0 Å². The number of para-hydroxylation sites is 4. The fourth-order valence-corrected chi connectivity index (χ4v) is 8.18. The predicted molar refractivity (Wildman–Crippen MR) is 173 cm³/mol. The number of sulfone groups is 2. The molecule has 0 radical (unpaired) electrons. The zero-order valence-corrected chi connectivity index (χ0v) is 27.6. The summed E-state index contributed by atoms with van der Waals surface area (Å²) < 4.78 is 69.6. The first-order chi connectivity index (χ1) is 22.0. The molecule has 0 aliphatic rings. The molecule has 1 N–H and O–H groups in total. The van der Waals surface area contributed by atoms with E-state index in [2.05, 4.69) is 10.3 Å². The van der Waals surface area contributed by atoms with E-state index in [9.17, 15) is 26.4 Å². The smallest absolute Gasteiger partial charge is 0.266 e. The van der Waals surface area contributed by atoms with Crippen LogP contribution >= 0.6 is 0 Å². The average Bonchev–Trinajstić information content (AvgIpc) is 3.50. The number of oxazole rings is 1. The minimum Gasteiger partial charge on any atom is -0.495 e. The van der Waals surface area contributed by atoms with Gasteiger partial charge >= 0.3 is 0 Å². The first kappa shape index (κ1) is 34.6. The zero-order chi connectivity index (χ0) is 33.3. The average molecular weight is 671 g/mol. The number of benzene rings is 3. The molecule has 1 amide bonds. The molecule has 0 aliphatic carbocycles. The fraction of sp³-hybridized carbons (Fsp3) is 0.364. The Kier molecular flexibility index (Phi) is 11.6. The monoisotopic (exact) mass is 670 g/mol. The van der Waals surface area contributed by atoms with Crippen molar-refractivity contribution in [1.82, 2.24) is 10.3 Å². The van der Waals surface area contributed by atoms with Crippen LogP contribution in [0, 0.1) is 5.92 Å². The third-order valence-electron chi connectivity index (χ3n) is 7.63. The number of unbranched alkanes of at least 4 members (excludes halogenated alkanes) is 1. The summed E-state index contributed by atoms with van der Waals surface area (Å²) in [6.07, 6.45) is 1.22. The molecular weight excluding hydrogens is 633 g/mol. The molecule has 0 saturated carbocycles. The minimum absolute atomic E-state index is 0.0368. The SMILES string of the molecule is CCCC[C@H](NC(=O)C(CCS(=O)(=O)c1ccccc1OC)CCS(=O)(=O)c1ccccc1OC)C(=O)c1nc2ccccc2o1. The molecule has 0 saturated heterocycles. The van der Waals surface area contributed by atoms with Crippen LogP contribution in [0.25, 0.3) is 11.1 Å². The Labute approximate surface area is 269 Å². The molecule has 0 fully saturated rings. The number of Topliss-reactive ketones (excluding diaryl/α,β-unsaturated/α-hetero) is 1. The molecule has 0 unspecified atom stereocenters. The molecule has 0 aliphatic heterocycles. The van der Waals surface area contributed by atoms with Crippen LogP contribution in [0.1, 0.15) is 49.7 Å². The van der Waals surface area contributed by atoms with Crippen LogP contribution in [0.15, 0.2) is 87.0 Å². The van der Waals surface area contributed by atoms with Crippen molar-refractivity contribution in [3.05, 3.63) is 78.7 Å². The lowest BCUT2D eigenvalue weighted by Crippen LogP contribution is -2.44. The Bertz CT molecular complexity index is 1770. The molecule has 1 atom stereocenters. The molecule has 46 heavy (non-hydrogen) atoms. The standard InChI is InChI=1S/C33H38N2O9S2/c1-4-5-12-25(31(36)33-35-24-13-6-7-14-26(24)44-33)34-32(37)23(19-21-45(38,39)29-17-10-8-15-27(29)42-2)20-22-46(40,41)30-18-11-9-16-28(30)43-3/h6-11,13-18,23,25H,4-5,12,19-22H2,1-3H3,(H,34,37)/t25-/m0/s1. The van der Waals surface area contributed by atoms with Gasteiger partial charge in [0.15, 0.2) is 25.3 Å². The Morgan fingerprint density at radius 2 is 1.30 bits per heavy atom. The number of nitrogens with one attached hydrogen (secondary N) is 1. The molecule has 13 heteroatoms. The molecule has 0 bridgehead atoms. The van der Waals surface area contributed by atoms with Crippen LogP contribution in [-0.2, 0) is 24.5 Å². The summed E-state index contributed by atoms with van der Waals surface area (Å²) in [5.74, 6) is -3.00. The zero-order valence-electron chi connectivity index (χ0n) is 26.0. The number of fused-ring (bicyclic) bond motifs is 1. The number of aromatic nitrogens is 1. The largest absolute Gasteiger partial charge is 0.495 e. The highest BCUT2D eigenvalue weighted by atomic mass is 32.2. The highest BCUT2D eigenvalue weighted by Crippen LogP contribution is 2.28. The molecule has 3 aromatic carbocycles. The summed E-state index contributed by atoms with van der Waals surface area (Å²) in [4.78, 5) is 31.6. The van der Waals surface area contributed by atoms with E-state index in [0.717, 1.165) is 6.42 Å². The number of rotatable bonds is 17. The van der Waals surface area contributed by atoms with E-state index in [4.69, 9.17) is 13.9 Å². The van der Waals surface area contributed by atoms with E-state index in [0.29, 0.717) is 17.5 Å². The van der Waals surface area contributed by atoms with Crippen molar-refractivity contribution in [2.45, 2.75) is 54.9 Å². The Hall–Kier alpha value is -4.23. The number of amides is 1. The van der Waals surface area contributed by atoms with Crippen LogP contribution in [0.5, 0.6) is 11.5 Å². The maximum Gasteiger partial charge on any atom is 0.266 e. The predicted octanol–water partition coefficient (Wildman–Crippen LogP) is 5.05. The molecule has 11 nitrogen and oxygen atoms in total. The van der Waals surface area contributed by atoms with Gasteiger partial charge in [0.1, 0.15) is 26.8 Å². The van der Waals surface area contributed by atoms with Gasteiger partial charge in [-0.05, 0) is 55.7 Å². The number of hydrogen-bond acceptors (Lipinski definition) is 10. The summed E-state index contributed by atoms with van der Waals surface area (Å²) in [5.41, 5.74) is 0.916. The molecule has 4 aromatic rings. The third kappa shape index (κ3) is 8.32. The summed E-state index contributed by atoms with van der Waals surface area (Å²) in [6, 6.07) is 18.2. The molecule has 4 rings (SSSR count). The van der Waals surface area contributed by atoms with Crippen LogP contribution in [0.2, 0.25) is 0 Å². The van der Waals surface area contributed by atoms with E-state index in [1.54, 1.807) is 48.5 Å². The van der Waals surface area contributed by atoms with Gasteiger partial charge in [-0.3, -0.25) is 9.59 Å². The molecule has 1 heterocycles. The number of carbonyl (C=O) groups excluding carboxylic acids is 2. The molecule has 1 aromatic heterocycles. The second-order valence-electron chi connectivity index (χ2n) is 10.8. The normalized spacial score (nSPS) is 12.6. The number of carbonyl (C=O) groups is 2. The number of ketones is 1. The van der Waals surface area contributed by atoms with Crippen molar-refractivity contribution in [2.75, 3.05) is 25.7 Å². The lowest BCUT2D eigenvalue weighted by Gasteiger charge is -2.22. The van der Waals surface area contributed by atoms with Crippen molar-refractivity contribution in [3.63, 3.8) is 0 Å². The second kappa shape index (κ2) is 15.4. The minimum atomic E-state index is -3.93. The van der Waals surface area contributed by atoms with Gasteiger partial charge in [0.25, 0.3) is 5.89 Å². The van der Waals surface area contributed by atoms with Gasteiger partial charge in [0, 0.05) is 5.92 Å². The number of hydrogen-bond donors (Lipinski definition) is 1. The summed E-state index contributed by atoms with van der Waals surface area (Å²) >= 11 is 0. The summed E-state index contributed by atoms with van der Waals surface area (Å²) in [7, 11) is -5.15. The van der Waals surface area contributed by atoms with Crippen LogP contribution in [0.3, 0.4) is 0 Å². The lowest BCUT2D eigenvalue weighted by atomic mass is 9.99. The van der Waals surface area contributed by atoms with Gasteiger partial charge in [-0.1, -0.05) is 56.2 Å². The van der Waals surface area contributed by atoms with Gasteiger partial charge in [-0.2, -0.15) is 0 Å². The highest BCUT2D eigenvalue weighted by molar-refractivity contribution is 7.91. The topological polar surface area (TPSA) is 159 Å². The van der Waals surface area contributed by atoms with E-state index in [1.807, 2.05) is 6.92 Å². The molecule has 246 valence electrons. The Morgan fingerprint density at radius 1 is 0.783 bits per heavy atom. The van der Waals surface area contributed by atoms with E-state index >= 15 is 0 Å². The molecular formula is C33H38N2O9S2. The van der Waals surface area contributed by atoms with Crippen molar-refractivity contribution >= 4 is 42.5 Å². The summed E-state index contributed by atoms with van der Waals surface area (Å²) in [6.45, 7) is 1.94. The Morgan fingerprint density at radius 3 is 1.83 bits per heavy atom. The third-order valence-corrected chi connectivity index (χ3v) is 11.2. The fourth-order valence-electron chi connectivity index (χ4n) is 5.07. The highest BCUT2D eigenvalue weighted by Gasteiger charge is 2.32. The maximum atomic E-state index is 13.8. The number of ether oxygens (including phenoxy) is 2. The van der Waals surface area contributed by atoms with Crippen molar-refractivity contribution in [3.8, 4) is 11.5 Å². The van der Waals surface area contributed by atoms with Crippen molar-refractivity contribution in [2.24, 2.45) is 5.92 Å². The van der Waals surface area contributed by atoms with Gasteiger partial charge in [0.2, 0.25) is 11.7 Å². The maximum absolute atomic E-state index is 13.8. The van der Waals surface area contributed by atoms with Gasteiger partial charge < -0.3 is 19.2 Å². The van der Waals surface area contributed by atoms with Gasteiger partial charge in [0.05, 0.1) is 31.8 Å². The van der Waals surface area contributed by atoms with Gasteiger partial charge in [-0.25, -0.2) is 21.8 Å². The number of nitrogens with zero attached hydrogens (tertiary/aromatic N) is 1. The van der Waals surface area contributed by atoms with Crippen molar-refractivity contribution in [1.29, 1.82) is 0 Å². The second-order valence-corrected chi connectivity index (χ2v) is 14.9. The quantitative estimate of drug-likeness (QED) is 0.151. The van der Waals surface area contributed by atoms with Crippen LogP contribution in [-0.4, -0.2) is 65.3 Å². The Balaban J connectivity index is 1.60. The first-order valence-electron chi connectivity index (χ1n) is 14.9.